The highest BCUT2D eigenvalue weighted by atomic mass is 35.5. The summed E-state index contributed by atoms with van der Waals surface area (Å²) in [6.07, 6.45) is 7.35. The van der Waals surface area contributed by atoms with Crippen LogP contribution in [0.15, 0.2) is 36.5 Å². The average molecular weight is 664 g/mol. The van der Waals surface area contributed by atoms with Crippen molar-refractivity contribution < 1.29 is 33.0 Å². The lowest BCUT2D eigenvalue weighted by Crippen LogP contribution is -2.44. The van der Waals surface area contributed by atoms with Gasteiger partial charge in [-0.2, -0.15) is 5.10 Å². The molecule has 4 N–H and O–H groups in total. The monoisotopic (exact) mass is 663 g/mol. The molecule has 2 aromatic heterocycles. The molecule has 2 aromatic carbocycles. The Labute approximate surface area is 273 Å². The van der Waals surface area contributed by atoms with Crippen LogP contribution >= 0.6 is 11.6 Å². The Morgan fingerprint density at radius 2 is 1.96 bits per heavy atom. The van der Waals surface area contributed by atoms with Crippen molar-refractivity contribution in [2.75, 3.05) is 13.2 Å². The molecule has 3 aliphatic carbocycles. The molecule has 0 bridgehead atoms. The molecule has 0 radical (unpaired) electrons. The molecule has 4 aromatic rings. The number of ether oxygens (including phenoxy) is 2. The van der Waals surface area contributed by atoms with Crippen molar-refractivity contribution in [2.24, 2.45) is 11.7 Å². The summed E-state index contributed by atoms with van der Waals surface area (Å²) in [7, 11) is 0. The van der Waals surface area contributed by atoms with Crippen molar-refractivity contribution in [2.45, 2.75) is 68.6 Å². The van der Waals surface area contributed by atoms with Gasteiger partial charge in [0.25, 0.3) is 5.91 Å². The SMILES string of the molecule is C[C@]1(C(N)=O)COc2c1cc([C@@](O)(CNC(=O)c1cc(OC3CC3)c3nn(C4CC4)cc3c1)C1CC1)nc2-c1ccc(F)c(F)c1Cl. The average Bonchev–Trinajstić information content (AvgIpc) is 3.93. The molecule has 10 nitrogen and oxygen atoms in total. The quantitative estimate of drug-likeness (QED) is 0.201. The normalized spacial score (nSPS) is 21.6. The van der Waals surface area contributed by atoms with Gasteiger partial charge in [-0.05, 0) is 81.7 Å². The number of amides is 2. The molecule has 2 amide bonds. The van der Waals surface area contributed by atoms with Crippen LogP contribution in [0.2, 0.25) is 5.02 Å². The van der Waals surface area contributed by atoms with Gasteiger partial charge >= 0.3 is 0 Å². The summed E-state index contributed by atoms with van der Waals surface area (Å²) in [5, 5.41) is 20.2. The van der Waals surface area contributed by atoms with Crippen molar-refractivity contribution in [3.05, 3.63) is 70.0 Å². The Hall–Kier alpha value is -4.29. The van der Waals surface area contributed by atoms with E-state index in [1.807, 2.05) is 10.9 Å². The Morgan fingerprint density at radius 3 is 2.64 bits per heavy atom. The second kappa shape index (κ2) is 10.6. The molecule has 0 spiro atoms. The Bertz CT molecular complexity index is 1990. The lowest BCUT2D eigenvalue weighted by molar-refractivity contribution is -0.123. The molecular formula is C34H32ClF2N5O5. The highest BCUT2D eigenvalue weighted by molar-refractivity contribution is 6.33. The van der Waals surface area contributed by atoms with Gasteiger partial charge in [0, 0.05) is 28.3 Å². The first-order chi connectivity index (χ1) is 22.5. The first kappa shape index (κ1) is 30.1. The summed E-state index contributed by atoms with van der Waals surface area (Å²) in [4.78, 5) is 31.1. The molecule has 0 unspecified atom stereocenters. The molecule has 13 heteroatoms. The Kier molecular flexibility index (Phi) is 6.79. The van der Waals surface area contributed by atoms with Gasteiger partial charge in [-0.3, -0.25) is 14.3 Å². The van der Waals surface area contributed by atoms with E-state index in [-0.39, 0.29) is 47.9 Å². The van der Waals surface area contributed by atoms with Crippen LogP contribution in [0.5, 0.6) is 11.5 Å². The van der Waals surface area contributed by atoms with E-state index in [1.54, 1.807) is 25.1 Å². The molecule has 3 fully saturated rings. The molecule has 1 aliphatic heterocycles. The van der Waals surface area contributed by atoms with Crippen molar-refractivity contribution in [1.82, 2.24) is 20.1 Å². The number of aromatic nitrogens is 3. The minimum absolute atomic E-state index is 0.0165. The third kappa shape index (κ3) is 5.09. The van der Waals surface area contributed by atoms with Gasteiger partial charge in [-0.25, -0.2) is 13.8 Å². The van der Waals surface area contributed by atoms with Gasteiger partial charge in [0.1, 0.15) is 40.3 Å². The largest absolute Gasteiger partial charge is 0.489 e. The fraction of sp³-hybridized carbons (Fsp3) is 0.412. The van der Waals surface area contributed by atoms with Gasteiger partial charge in [0.2, 0.25) is 5.91 Å². The topological polar surface area (TPSA) is 142 Å². The predicted octanol–water partition coefficient (Wildman–Crippen LogP) is 5.07. The number of nitrogens with zero attached hydrogens (tertiary/aromatic N) is 3. The van der Waals surface area contributed by atoms with E-state index < -0.39 is 39.5 Å². The van der Waals surface area contributed by atoms with E-state index in [0.717, 1.165) is 37.1 Å². The van der Waals surface area contributed by atoms with Crippen molar-refractivity contribution >= 4 is 34.3 Å². The van der Waals surface area contributed by atoms with Gasteiger partial charge in [-0.1, -0.05) is 11.6 Å². The fourth-order valence-corrected chi connectivity index (χ4v) is 6.50. The molecule has 4 aliphatic rings. The van der Waals surface area contributed by atoms with Crippen LogP contribution < -0.4 is 20.5 Å². The number of nitrogens with two attached hydrogens (primary N) is 1. The zero-order valence-corrected chi connectivity index (χ0v) is 26.2. The molecule has 47 heavy (non-hydrogen) atoms. The van der Waals surface area contributed by atoms with Gasteiger partial charge in [0.15, 0.2) is 11.6 Å². The van der Waals surface area contributed by atoms with Crippen LogP contribution in [0, 0.1) is 17.6 Å². The van der Waals surface area contributed by atoms with E-state index >= 15 is 0 Å². The number of primary amides is 1. The first-order valence-electron chi connectivity index (χ1n) is 15.8. The second-order valence-corrected chi connectivity index (χ2v) is 13.8. The highest BCUT2D eigenvalue weighted by Gasteiger charge is 2.50. The Morgan fingerprint density at radius 1 is 1.19 bits per heavy atom. The maximum atomic E-state index is 14.6. The summed E-state index contributed by atoms with van der Waals surface area (Å²) in [6.45, 7) is 1.25. The number of nitrogens with one attached hydrogen (secondary N) is 1. The van der Waals surface area contributed by atoms with Crippen LogP contribution in [0.3, 0.4) is 0 Å². The third-order valence-electron chi connectivity index (χ3n) is 9.71. The van der Waals surface area contributed by atoms with E-state index in [4.69, 9.17) is 36.9 Å². The molecular weight excluding hydrogens is 632 g/mol. The number of rotatable bonds is 10. The highest BCUT2D eigenvalue weighted by Crippen LogP contribution is 2.51. The van der Waals surface area contributed by atoms with Crippen LogP contribution in [0.4, 0.5) is 8.78 Å². The third-order valence-corrected chi connectivity index (χ3v) is 10.1. The van der Waals surface area contributed by atoms with Crippen LogP contribution in [-0.2, 0) is 15.8 Å². The second-order valence-electron chi connectivity index (χ2n) is 13.4. The number of carbonyl (C=O) groups excluding carboxylic acids is 2. The summed E-state index contributed by atoms with van der Waals surface area (Å²) < 4.78 is 42.6. The smallest absolute Gasteiger partial charge is 0.251 e. The van der Waals surface area contributed by atoms with Crippen LogP contribution in [-0.4, -0.2) is 50.9 Å². The number of hydrogen-bond donors (Lipinski definition) is 3. The van der Waals surface area contributed by atoms with Crippen LogP contribution in [0.1, 0.15) is 73.1 Å². The lowest BCUT2D eigenvalue weighted by atomic mass is 9.81. The van der Waals surface area contributed by atoms with Gasteiger partial charge in [-0.15, -0.1) is 0 Å². The number of benzene rings is 2. The van der Waals surface area contributed by atoms with Crippen molar-refractivity contribution in [3.63, 3.8) is 0 Å². The molecule has 2 atom stereocenters. The minimum Gasteiger partial charge on any atom is -0.489 e. The Balaban J connectivity index is 1.17. The standard InChI is InChI=1S/C34H32ClF2N5O5/c1-33(32(38)44)15-46-30-22(33)12-25(40-29(30)21-8-9-23(36)27(37)26(21)35)34(45,18-2-3-18)14-39-31(43)16-10-17-13-42(19-4-5-19)41-28(17)24(11-16)47-20-6-7-20/h8-13,18-20,45H,2-7,14-15H2,1H3,(H2,38,44)(H,39,43)/t33-,34+/m0/s1. The number of carbonyl (C=O) groups is 2. The number of aliphatic hydroxyl groups is 1. The molecule has 244 valence electrons. The summed E-state index contributed by atoms with van der Waals surface area (Å²) in [6, 6.07) is 7.53. The molecule has 8 rings (SSSR count). The molecule has 3 saturated carbocycles. The number of halogens is 3. The van der Waals surface area contributed by atoms with Crippen molar-refractivity contribution in [3.8, 4) is 22.8 Å². The van der Waals surface area contributed by atoms with Gasteiger partial charge < -0.3 is 25.6 Å². The number of hydrogen-bond acceptors (Lipinski definition) is 7. The van der Waals surface area contributed by atoms with E-state index in [2.05, 4.69) is 5.32 Å². The van der Waals surface area contributed by atoms with Crippen LogP contribution in [0.25, 0.3) is 22.2 Å². The summed E-state index contributed by atoms with van der Waals surface area (Å²) >= 11 is 6.25. The van der Waals surface area contributed by atoms with E-state index in [1.165, 1.54) is 6.07 Å². The molecule has 3 heterocycles. The molecule has 0 saturated heterocycles. The minimum atomic E-state index is -1.69. The first-order valence-corrected chi connectivity index (χ1v) is 16.2. The zero-order chi connectivity index (χ0) is 32.8. The van der Waals surface area contributed by atoms with E-state index in [0.29, 0.717) is 41.3 Å². The van der Waals surface area contributed by atoms with Crippen molar-refractivity contribution in [1.29, 1.82) is 0 Å². The predicted molar refractivity (Wildman–Crippen MR) is 167 cm³/mol. The summed E-state index contributed by atoms with van der Waals surface area (Å²) in [5.41, 5.74) is 4.35. The maximum Gasteiger partial charge on any atom is 0.251 e. The van der Waals surface area contributed by atoms with E-state index in [9.17, 15) is 23.5 Å². The fourth-order valence-electron chi connectivity index (χ4n) is 6.26. The van der Waals surface area contributed by atoms with Gasteiger partial charge in [0.05, 0.1) is 29.4 Å². The number of fused-ring (bicyclic) bond motifs is 2. The lowest BCUT2D eigenvalue weighted by Gasteiger charge is -2.30. The zero-order valence-electron chi connectivity index (χ0n) is 25.5. The number of pyridine rings is 1. The summed E-state index contributed by atoms with van der Waals surface area (Å²) in [5.74, 6) is -3.12. The maximum absolute atomic E-state index is 14.6.